The number of carbonyl (C=O) groups excluding carboxylic acids is 2. The second-order valence-corrected chi connectivity index (χ2v) is 8.56. The molecule has 3 aromatic rings. The standard InChI is InChI=1S/C21H16ClNO4S/c1-28(26,27)17-11-12-18(22)19(13-17)23-21(25)16-9-7-15(8-10-16)20(24)14-5-3-2-4-6-14/h2-13H,1H3,(H,23,25). The molecule has 0 saturated carbocycles. The number of amides is 1. The number of rotatable bonds is 5. The summed E-state index contributed by atoms with van der Waals surface area (Å²) in [6.07, 6.45) is 1.07. The van der Waals surface area contributed by atoms with Crippen molar-refractivity contribution in [3.63, 3.8) is 0 Å². The van der Waals surface area contributed by atoms with Gasteiger partial charge in [0, 0.05) is 22.9 Å². The van der Waals surface area contributed by atoms with Crippen LogP contribution in [0.5, 0.6) is 0 Å². The minimum atomic E-state index is -3.43. The zero-order valence-electron chi connectivity index (χ0n) is 14.8. The molecule has 3 rings (SSSR count). The summed E-state index contributed by atoms with van der Waals surface area (Å²) in [5.41, 5.74) is 1.52. The van der Waals surface area contributed by atoms with Gasteiger partial charge in [-0.05, 0) is 30.3 Å². The van der Waals surface area contributed by atoms with Crippen LogP contribution in [0.1, 0.15) is 26.3 Å². The zero-order valence-corrected chi connectivity index (χ0v) is 16.4. The summed E-state index contributed by atoms with van der Waals surface area (Å²) in [5, 5.41) is 2.82. The van der Waals surface area contributed by atoms with E-state index in [1.807, 2.05) is 6.07 Å². The highest BCUT2D eigenvalue weighted by molar-refractivity contribution is 7.90. The Morgan fingerprint density at radius 2 is 1.39 bits per heavy atom. The van der Waals surface area contributed by atoms with Crippen molar-refractivity contribution < 1.29 is 18.0 Å². The van der Waals surface area contributed by atoms with Gasteiger partial charge in [0.05, 0.1) is 15.6 Å². The van der Waals surface area contributed by atoms with Gasteiger partial charge < -0.3 is 5.32 Å². The van der Waals surface area contributed by atoms with Crippen LogP contribution in [0.3, 0.4) is 0 Å². The van der Waals surface area contributed by atoms with E-state index in [0.29, 0.717) is 16.7 Å². The van der Waals surface area contributed by atoms with Gasteiger partial charge in [0.15, 0.2) is 15.6 Å². The highest BCUT2D eigenvalue weighted by Crippen LogP contribution is 2.26. The lowest BCUT2D eigenvalue weighted by atomic mass is 10.0. The molecule has 0 bridgehead atoms. The van der Waals surface area contributed by atoms with Gasteiger partial charge in [-0.1, -0.05) is 54.1 Å². The van der Waals surface area contributed by atoms with Crippen molar-refractivity contribution in [2.24, 2.45) is 0 Å². The number of halogens is 1. The molecule has 0 aliphatic rings. The van der Waals surface area contributed by atoms with Crippen LogP contribution in [-0.4, -0.2) is 26.4 Å². The number of hydrogen-bond acceptors (Lipinski definition) is 4. The average molecular weight is 414 g/mol. The smallest absolute Gasteiger partial charge is 0.255 e. The predicted octanol–water partition coefficient (Wildman–Crippen LogP) is 4.23. The van der Waals surface area contributed by atoms with Gasteiger partial charge >= 0.3 is 0 Å². The van der Waals surface area contributed by atoms with Gasteiger partial charge in [0.25, 0.3) is 5.91 Å². The predicted molar refractivity (Wildman–Crippen MR) is 109 cm³/mol. The quantitative estimate of drug-likeness (QED) is 0.635. The number of anilines is 1. The minimum Gasteiger partial charge on any atom is -0.321 e. The van der Waals surface area contributed by atoms with E-state index >= 15 is 0 Å². The summed E-state index contributed by atoms with van der Waals surface area (Å²) in [6, 6.07) is 19.1. The molecule has 0 radical (unpaired) electrons. The molecule has 1 amide bonds. The van der Waals surface area contributed by atoms with E-state index in [-0.39, 0.29) is 21.4 Å². The summed E-state index contributed by atoms with van der Waals surface area (Å²) in [6.45, 7) is 0. The lowest BCUT2D eigenvalue weighted by Gasteiger charge is -2.09. The van der Waals surface area contributed by atoms with Crippen LogP contribution in [0.25, 0.3) is 0 Å². The van der Waals surface area contributed by atoms with Crippen LogP contribution in [-0.2, 0) is 9.84 Å². The largest absolute Gasteiger partial charge is 0.321 e. The SMILES string of the molecule is CS(=O)(=O)c1ccc(Cl)c(NC(=O)c2ccc(C(=O)c3ccccc3)cc2)c1. The van der Waals surface area contributed by atoms with Crippen molar-refractivity contribution in [2.45, 2.75) is 4.90 Å². The molecule has 0 heterocycles. The van der Waals surface area contributed by atoms with Gasteiger partial charge in [-0.2, -0.15) is 0 Å². The molecular formula is C21H16ClNO4S. The Morgan fingerprint density at radius 3 is 2.00 bits per heavy atom. The molecule has 142 valence electrons. The lowest BCUT2D eigenvalue weighted by Crippen LogP contribution is -2.13. The van der Waals surface area contributed by atoms with Crippen LogP contribution >= 0.6 is 11.6 Å². The molecule has 3 aromatic carbocycles. The molecule has 0 aromatic heterocycles. The average Bonchev–Trinajstić information content (AvgIpc) is 2.69. The second kappa shape index (κ2) is 7.96. The number of sulfone groups is 1. The lowest BCUT2D eigenvalue weighted by molar-refractivity contribution is 0.102. The fourth-order valence-electron chi connectivity index (χ4n) is 2.55. The number of nitrogens with one attached hydrogen (secondary N) is 1. The minimum absolute atomic E-state index is 0.0519. The Labute approximate surface area is 167 Å². The van der Waals surface area contributed by atoms with Crippen molar-refractivity contribution >= 4 is 38.8 Å². The molecule has 1 N–H and O–H groups in total. The van der Waals surface area contributed by atoms with E-state index in [0.717, 1.165) is 6.26 Å². The highest BCUT2D eigenvalue weighted by atomic mass is 35.5. The van der Waals surface area contributed by atoms with E-state index < -0.39 is 15.7 Å². The molecule has 0 unspecified atom stereocenters. The first kappa shape index (κ1) is 19.8. The zero-order chi connectivity index (χ0) is 20.3. The fourth-order valence-corrected chi connectivity index (χ4v) is 3.37. The highest BCUT2D eigenvalue weighted by Gasteiger charge is 2.14. The molecule has 0 aliphatic heterocycles. The van der Waals surface area contributed by atoms with Gasteiger partial charge in [0.2, 0.25) is 0 Å². The molecule has 5 nitrogen and oxygen atoms in total. The Hall–Kier alpha value is -2.96. The molecule has 28 heavy (non-hydrogen) atoms. The molecule has 0 spiro atoms. The maximum absolute atomic E-state index is 12.5. The van der Waals surface area contributed by atoms with Crippen molar-refractivity contribution in [3.8, 4) is 0 Å². The summed E-state index contributed by atoms with van der Waals surface area (Å²) in [7, 11) is -3.43. The topological polar surface area (TPSA) is 80.3 Å². The Morgan fingerprint density at radius 1 is 0.821 bits per heavy atom. The third-order valence-electron chi connectivity index (χ3n) is 4.06. The number of carbonyl (C=O) groups is 2. The summed E-state index contributed by atoms with van der Waals surface area (Å²) < 4.78 is 23.4. The first-order chi connectivity index (χ1) is 13.3. The Kier molecular flexibility index (Phi) is 5.63. The summed E-state index contributed by atoms with van der Waals surface area (Å²) in [4.78, 5) is 24.9. The summed E-state index contributed by atoms with van der Waals surface area (Å²) in [5.74, 6) is -0.609. The summed E-state index contributed by atoms with van der Waals surface area (Å²) >= 11 is 6.06. The van der Waals surface area contributed by atoms with Gasteiger partial charge in [-0.15, -0.1) is 0 Å². The fraction of sp³-hybridized carbons (Fsp3) is 0.0476. The van der Waals surface area contributed by atoms with E-state index in [9.17, 15) is 18.0 Å². The molecule has 0 aliphatic carbocycles. The van der Waals surface area contributed by atoms with Crippen LogP contribution in [0.15, 0.2) is 77.7 Å². The van der Waals surface area contributed by atoms with Crippen molar-refractivity contribution in [3.05, 3.63) is 94.5 Å². The van der Waals surface area contributed by atoms with Gasteiger partial charge in [-0.25, -0.2) is 8.42 Å². The van der Waals surface area contributed by atoms with Gasteiger partial charge in [-0.3, -0.25) is 9.59 Å². The Bertz CT molecular complexity index is 1140. The Balaban J connectivity index is 1.80. The van der Waals surface area contributed by atoms with Crippen LogP contribution < -0.4 is 5.32 Å². The first-order valence-corrected chi connectivity index (χ1v) is 10.5. The third kappa shape index (κ3) is 4.47. The van der Waals surface area contributed by atoms with Crippen LogP contribution in [0.2, 0.25) is 5.02 Å². The van der Waals surface area contributed by atoms with Crippen molar-refractivity contribution in [2.75, 3.05) is 11.6 Å². The van der Waals surface area contributed by atoms with Crippen LogP contribution in [0.4, 0.5) is 5.69 Å². The maximum Gasteiger partial charge on any atom is 0.255 e. The van der Waals surface area contributed by atoms with E-state index in [2.05, 4.69) is 5.32 Å². The molecule has 0 saturated heterocycles. The van der Waals surface area contributed by atoms with E-state index in [4.69, 9.17) is 11.6 Å². The molecule has 0 fully saturated rings. The van der Waals surface area contributed by atoms with Crippen molar-refractivity contribution in [1.82, 2.24) is 0 Å². The normalized spacial score (nSPS) is 11.1. The number of benzene rings is 3. The third-order valence-corrected chi connectivity index (χ3v) is 5.50. The molecular weight excluding hydrogens is 398 g/mol. The molecule has 0 atom stereocenters. The second-order valence-electron chi connectivity index (χ2n) is 6.14. The molecule has 7 heteroatoms. The number of ketones is 1. The van der Waals surface area contributed by atoms with Gasteiger partial charge in [0.1, 0.15) is 0 Å². The van der Waals surface area contributed by atoms with Crippen LogP contribution in [0, 0.1) is 0 Å². The van der Waals surface area contributed by atoms with E-state index in [1.165, 1.54) is 30.3 Å². The first-order valence-electron chi connectivity index (χ1n) is 8.26. The van der Waals surface area contributed by atoms with E-state index in [1.54, 1.807) is 36.4 Å². The van der Waals surface area contributed by atoms with Crippen molar-refractivity contribution in [1.29, 1.82) is 0 Å². The monoisotopic (exact) mass is 413 g/mol. The number of hydrogen-bond donors (Lipinski definition) is 1. The maximum atomic E-state index is 12.5.